The molecule has 4 heterocycles. The highest BCUT2D eigenvalue weighted by molar-refractivity contribution is 6.07. The number of hydrogen-bond acceptors (Lipinski definition) is 4. The smallest absolute Gasteiger partial charge is 0.317 e. The van der Waals surface area contributed by atoms with E-state index in [1.807, 2.05) is 24.5 Å². The molecular formula is C16H19N5O2. The molecule has 0 aromatic carbocycles. The van der Waals surface area contributed by atoms with Crippen molar-refractivity contribution in [1.29, 1.82) is 0 Å². The van der Waals surface area contributed by atoms with E-state index >= 15 is 0 Å². The van der Waals surface area contributed by atoms with Gasteiger partial charge >= 0.3 is 6.03 Å². The van der Waals surface area contributed by atoms with Crippen LogP contribution in [0.15, 0.2) is 24.5 Å². The topological polar surface area (TPSA) is 78.7 Å². The third-order valence-corrected chi connectivity index (χ3v) is 4.63. The van der Waals surface area contributed by atoms with Crippen LogP contribution < -0.4 is 15.5 Å². The number of pyridine rings is 1. The number of imide groups is 1. The van der Waals surface area contributed by atoms with Crippen molar-refractivity contribution in [2.45, 2.75) is 25.2 Å². The molecule has 7 nitrogen and oxygen atoms in total. The standard InChI is InChI=1S/C16H19N5O2/c22-14-5-9-21(16(23)19-14)12-2-1-8-20-13(12)10-18-15(20)11-3-6-17-7-4-11/h1-2,8,10-11,17H,3-7,9H2,(H,19,22,23). The molecule has 23 heavy (non-hydrogen) atoms. The zero-order valence-corrected chi connectivity index (χ0v) is 12.8. The monoisotopic (exact) mass is 313 g/mol. The van der Waals surface area contributed by atoms with Gasteiger partial charge in [0, 0.05) is 25.1 Å². The molecule has 2 N–H and O–H groups in total. The molecule has 2 aromatic rings. The van der Waals surface area contributed by atoms with Crippen LogP contribution in [-0.4, -0.2) is 41.0 Å². The maximum atomic E-state index is 12.1. The number of piperidine rings is 1. The van der Waals surface area contributed by atoms with E-state index in [-0.39, 0.29) is 11.9 Å². The maximum Gasteiger partial charge on any atom is 0.328 e. The average Bonchev–Trinajstić information content (AvgIpc) is 3.00. The van der Waals surface area contributed by atoms with E-state index in [2.05, 4.69) is 20.0 Å². The van der Waals surface area contributed by atoms with Crippen molar-refractivity contribution in [3.8, 4) is 0 Å². The van der Waals surface area contributed by atoms with Gasteiger partial charge in [-0.2, -0.15) is 0 Å². The number of amides is 3. The number of carbonyl (C=O) groups is 2. The van der Waals surface area contributed by atoms with Crippen LogP contribution >= 0.6 is 0 Å². The fraction of sp³-hybridized carbons (Fsp3) is 0.438. The first-order valence-corrected chi connectivity index (χ1v) is 8.02. The van der Waals surface area contributed by atoms with E-state index < -0.39 is 0 Å². The molecule has 0 spiro atoms. The number of aromatic nitrogens is 2. The Balaban J connectivity index is 1.73. The van der Waals surface area contributed by atoms with Gasteiger partial charge in [-0.05, 0) is 38.1 Å². The van der Waals surface area contributed by atoms with E-state index in [0.29, 0.717) is 18.9 Å². The van der Waals surface area contributed by atoms with Gasteiger partial charge in [0.1, 0.15) is 5.82 Å². The molecule has 0 radical (unpaired) electrons. The molecule has 3 amide bonds. The van der Waals surface area contributed by atoms with E-state index in [0.717, 1.165) is 43.0 Å². The summed E-state index contributed by atoms with van der Waals surface area (Å²) < 4.78 is 2.08. The van der Waals surface area contributed by atoms with Gasteiger partial charge in [0.2, 0.25) is 5.91 Å². The van der Waals surface area contributed by atoms with Crippen molar-refractivity contribution in [2.75, 3.05) is 24.5 Å². The maximum absolute atomic E-state index is 12.1. The minimum atomic E-state index is -0.362. The normalized spacial score (nSPS) is 20.1. The summed E-state index contributed by atoms with van der Waals surface area (Å²) in [5, 5.41) is 5.74. The Hall–Kier alpha value is -2.41. The van der Waals surface area contributed by atoms with Gasteiger partial charge in [0.25, 0.3) is 0 Å². The van der Waals surface area contributed by atoms with Crippen LogP contribution in [0.2, 0.25) is 0 Å². The van der Waals surface area contributed by atoms with Crippen LogP contribution in [0.4, 0.5) is 10.5 Å². The van der Waals surface area contributed by atoms with Crippen molar-refractivity contribution in [2.24, 2.45) is 0 Å². The summed E-state index contributed by atoms with van der Waals surface area (Å²) >= 11 is 0. The number of fused-ring (bicyclic) bond motifs is 1. The van der Waals surface area contributed by atoms with Crippen molar-refractivity contribution in [1.82, 2.24) is 20.0 Å². The number of hydrogen-bond donors (Lipinski definition) is 2. The average molecular weight is 313 g/mol. The molecule has 0 unspecified atom stereocenters. The Labute approximate surface area is 133 Å². The fourth-order valence-corrected chi connectivity index (χ4v) is 3.43. The number of anilines is 1. The molecule has 0 aliphatic carbocycles. The SMILES string of the molecule is O=C1CCN(c2cccn3c(C4CCNCC4)ncc23)C(=O)N1. The van der Waals surface area contributed by atoms with Crippen molar-refractivity contribution < 1.29 is 9.59 Å². The van der Waals surface area contributed by atoms with E-state index in [1.165, 1.54) is 0 Å². The molecule has 2 saturated heterocycles. The summed E-state index contributed by atoms with van der Waals surface area (Å²) in [4.78, 5) is 29.7. The lowest BCUT2D eigenvalue weighted by Crippen LogP contribution is -2.49. The number of rotatable bonds is 2. The Morgan fingerprint density at radius 3 is 2.83 bits per heavy atom. The lowest BCUT2D eigenvalue weighted by molar-refractivity contribution is -0.120. The second-order valence-corrected chi connectivity index (χ2v) is 6.04. The van der Waals surface area contributed by atoms with Crippen LogP contribution in [0.25, 0.3) is 5.52 Å². The van der Waals surface area contributed by atoms with Gasteiger partial charge in [-0.15, -0.1) is 0 Å². The van der Waals surface area contributed by atoms with Crippen LogP contribution in [0.1, 0.15) is 31.0 Å². The molecule has 2 fully saturated rings. The van der Waals surface area contributed by atoms with Gasteiger partial charge < -0.3 is 9.72 Å². The zero-order valence-electron chi connectivity index (χ0n) is 12.8. The molecule has 2 aromatic heterocycles. The van der Waals surface area contributed by atoms with Crippen LogP contribution in [0.5, 0.6) is 0 Å². The zero-order chi connectivity index (χ0) is 15.8. The predicted molar refractivity (Wildman–Crippen MR) is 85.5 cm³/mol. The minimum absolute atomic E-state index is 0.220. The number of nitrogens with zero attached hydrogens (tertiary/aromatic N) is 3. The lowest BCUT2D eigenvalue weighted by Gasteiger charge is -2.27. The molecule has 0 saturated carbocycles. The van der Waals surface area contributed by atoms with Crippen molar-refractivity contribution in [3.63, 3.8) is 0 Å². The number of urea groups is 1. The van der Waals surface area contributed by atoms with E-state index in [1.54, 1.807) is 4.90 Å². The summed E-state index contributed by atoms with van der Waals surface area (Å²) in [6.07, 6.45) is 6.29. The predicted octanol–water partition coefficient (Wildman–Crippen LogP) is 1.25. The largest absolute Gasteiger partial charge is 0.328 e. The lowest BCUT2D eigenvalue weighted by atomic mass is 9.97. The molecule has 0 atom stereocenters. The Morgan fingerprint density at radius 1 is 1.22 bits per heavy atom. The number of imidazole rings is 1. The van der Waals surface area contributed by atoms with Gasteiger partial charge in [-0.25, -0.2) is 9.78 Å². The molecule has 4 rings (SSSR count). The van der Waals surface area contributed by atoms with Crippen molar-refractivity contribution in [3.05, 3.63) is 30.4 Å². The van der Waals surface area contributed by atoms with Gasteiger partial charge in [-0.1, -0.05) is 0 Å². The Morgan fingerprint density at radius 2 is 2.04 bits per heavy atom. The quantitative estimate of drug-likeness (QED) is 0.874. The molecule has 120 valence electrons. The van der Waals surface area contributed by atoms with Crippen LogP contribution in [-0.2, 0) is 4.79 Å². The fourth-order valence-electron chi connectivity index (χ4n) is 3.43. The molecule has 7 heteroatoms. The highest BCUT2D eigenvalue weighted by atomic mass is 16.2. The highest BCUT2D eigenvalue weighted by Gasteiger charge is 2.27. The van der Waals surface area contributed by atoms with Crippen LogP contribution in [0, 0.1) is 0 Å². The van der Waals surface area contributed by atoms with E-state index in [9.17, 15) is 9.59 Å². The van der Waals surface area contributed by atoms with Gasteiger partial charge in [0.05, 0.1) is 17.4 Å². The Bertz CT molecular complexity index is 763. The van der Waals surface area contributed by atoms with Crippen molar-refractivity contribution >= 4 is 23.1 Å². The second-order valence-electron chi connectivity index (χ2n) is 6.04. The van der Waals surface area contributed by atoms with Gasteiger partial charge in [-0.3, -0.25) is 15.0 Å². The van der Waals surface area contributed by atoms with E-state index in [4.69, 9.17) is 0 Å². The minimum Gasteiger partial charge on any atom is -0.317 e. The number of carbonyl (C=O) groups excluding carboxylic acids is 2. The summed E-state index contributed by atoms with van der Waals surface area (Å²) in [7, 11) is 0. The summed E-state index contributed by atoms with van der Waals surface area (Å²) in [6, 6.07) is 3.47. The first kappa shape index (κ1) is 14.2. The summed E-state index contributed by atoms with van der Waals surface area (Å²) in [5.41, 5.74) is 1.70. The molecule has 2 aliphatic rings. The second kappa shape index (κ2) is 5.66. The van der Waals surface area contributed by atoms with Crippen LogP contribution in [0.3, 0.4) is 0 Å². The Kier molecular flexibility index (Phi) is 3.49. The molecular weight excluding hydrogens is 294 g/mol. The third-order valence-electron chi connectivity index (χ3n) is 4.63. The number of nitrogens with one attached hydrogen (secondary N) is 2. The third kappa shape index (κ3) is 2.46. The molecule has 2 aliphatic heterocycles. The highest BCUT2D eigenvalue weighted by Crippen LogP contribution is 2.29. The first-order chi connectivity index (χ1) is 11.2. The van der Waals surface area contributed by atoms with Gasteiger partial charge in [0.15, 0.2) is 0 Å². The summed E-state index contributed by atoms with van der Waals surface area (Å²) in [5.74, 6) is 1.27. The first-order valence-electron chi connectivity index (χ1n) is 8.02. The molecule has 0 bridgehead atoms. The summed E-state index contributed by atoms with van der Waals surface area (Å²) in [6.45, 7) is 2.42.